The van der Waals surface area contributed by atoms with E-state index in [4.69, 9.17) is 14.2 Å². The predicted molar refractivity (Wildman–Crippen MR) is 91.8 cm³/mol. The average molecular weight is 373 g/mol. The Morgan fingerprint density at radius 3 is 1.81 bits per heavy atom. The molecule has 2 rings (SSSR count). The van der Waals surface area contributed by atoms with E-state index >= 15 is 0 Å². The second-order valence-corrected chi connectivity index (χ2v) is 5.16. The fourth-order valence-corrected chi connectivity index (χ4v) is 2.32. The summed E-state index contributed by atoms with van der Waals surface area (Å²) in [4.78, 5) is 35.6. The number of nitrogens with one attached hydrogen (secondary N) is 2. The molecule has 9 nitrogen and oxygen atoms in total. The highest BCUT2D eigenvalue weighted by molar-refractivity contribution is 6.05. The third kappa shape index (κ3) is 4.27. The largest absolute Gasteiger partial charge is 0.545 e. The molecule has 9 heteroatoms. The van der Waals surface area contributed by atoms with Crippen LogP contribution in [0.4, 0.5) is 0 Å². The second kappa shape index (κ2) is 8.56. The number of carbonyl (C=O) groups excluding carboxylic acids is 3. The van der Waals surface area contributed by atoms with Crippen molar-refractivity contribution in [2.24, 2.45) is 0 Å². The molecule has 0 bridgehead atoms. The fraction of sp³-hybridized carbons (Fsp3) is 0.167. The first kappa shape index (κ1) is 19.6. The maximum absolute atomic E-state index is 12.3. The van der Waals surface area contributed by atoms with Gasteiger partial charge in [-0.25, -0.2) is 0 Å². The van der Waals surface area contributed by atoms with Crippen LogP contribution < -0.4 is 30.2 Å². The van der Waals surface area contributed by atoms with E-state index in [1.54, 1.807) is 0 Å². The highest BCUT2D eigenvalue weighted by Crippen LogP contribution is 2.38. The van der Waals surface area contributed by atoms with Gasteiger partial charge in [0.05, 0.1) is 32.9 Å². The van der Waals surface area contributed by atoms with Crippen molar-refractivity contribution >= 4 is 17.8 Å². The molecule has 0 heterocycles. The van der Waals surface area contributed by atoms with E-state index in [0.717, 1.165) is 0 Å². The molecule has 2 aromatic rings. The third-order valence-corrected chi connectivity index (χ3v) is 3.61. The summed E-state index contributed by atoms with van der Waals surface area (Å²) in [5, 5.41) is 11.1. The topological polar surface area (TPSA) is 126 Å². The molecule has 2 N–H and O–H groups in total. The van der Waals surface area contributed by atoms with Gasteiger partial charge in [-0.15, -0.1) is 0 Å². The van der Waals surface area contributed by atoms with Crippen LogP contribution in [-0.4, -0.2) is 39.1 Å². The molecule has 0 saturated heterocycles. The number of hydrazine groups is 1. The minimum atomic E-state index is -1.50. The second-order valence-electron chi connectivity index (χ2n) is 5.16. The quantitative estimate of drug-likeness (QED) is 0.690. The van der Waals surface area contributed by atoms with Crippen LogP contribution in [0.3, 0.4) is 0 Å². The van der Waals surface area contributed by atoms with Crippen molar-refractivity contribution in [3.8, 4) is 17.2 Å². The molecule has 0 aliphatic heterocycles. The number of carboxylic acids is 1. The lowest BCUT2D eigenvalue weighted by molar-refractivity contribution is -0.255. The first-order valence-corrected chi connectivity index (χ1v) is 7.64. The molecule has 0 radical (unpaired) electrons. The zero-order chi connectivity index (χ0) is 20.0. The average Bonchev–Trinajstić information content (AvgIpc) is 2.70. The van der Waals surface area contributed by atoms with E-state index in [2.05, 4.69) is 10.9 Å². The Kier molecular flexibility index (Phi) is 6.21. The number of carbonyl (C=O) groups is 3. The van der Waals surface area contributed by atoms with Crippen molar-refractivity contribution in [2.75, 3.05) is 21.3 Å². The van der Waals surface area contributed by atoms with Crippen LogP contribution in [0.2, 0.25) is 0 Å². The van der Waals surface area contributed by atoms with Gasteiger partial charge in [0.15, 0.2) is 11.5 Å². The Labute approximate surface area is 154 Å². The summed E-state index contributed by atoms with van der Waals surface area (Å²) >= 11 is 0. The first-order chi connectivity index (χ1) is 12.9. The SMILES string of the molecule is COc1cc(C(=O)NNC(=O)c2ccccc2C(=O)[O-])cc(OC)c1OC. The van der Waals surface area contributed by atoms with Gasteiger partial charge in [-0.05, 0) is 18.2 Å². The lowest BCUT2D eigenvalue weighted by atomic mass is 10.1. The first-order valence-electron chi connectivity index (χ1n) is 7.64. The van der Waals surface area contributed by atoms with Gasteiger partial charge in [0.1, 0.15) is 0 Å². The van der Waals surface area contributed by atoms with Crippen LogP contribution >= 0.6 is 0 Å². The van der Waals surface area contributed by atoms with Crippen molar-refractivity contribution in [1.29, 1.82) is 0 Å². The molecule has 0 spiro atoms. The number of ether oxygens (including phenoxy) is 3. The van der Waals surface area contributed by atoms with Gasteiger partial charge in [0.25, 0.3) is 11.8 Å². The van der Waals surface area contributed by atoms with Gasteiger partial charge >= 0.3 is 0 Å². The minimum absolute atomic E-state index is 0.123. The van der Waals surface area contributed by atoms with E-state index in [0.29, 0.717) is 5.75 Å². The molecule has 0 aliphatic rings. The Morgan fingerprint density at radius 2 is 1.33 bits per heavy atom. The zero-order valence-corrected chi connectivity index (χ0v) is 14.8. The van der Waals surface area contributed by atoms with Gasteiger partial charge in [-0.2, -0.15) is 0 Å². The summed E-state index contributed by atoms with van der Waals surface area (Å²) in [5.41, 5.74) is 4.03. The lowest BCUT2D eigenvalue weighted by Gasteiger charge is -2.15. The number of benzene rings is 2. The van der Waals surface area contributed by atoms with E-state index in [9.17, 15) is 19.5 Å². The van der Waals surface area contributed by atoms with Crippen molar-refractivity contribution in [3.63, 3.8) is 0 Å². The van der Waals surface area contributed by atoms with Crippen LogP contribution in [0.25, 0.3) is 0 Å². The maximum atomic E-state index is 12.3. The third-order valence-electron chi connectivity index (χ3n) is 3.61. The Morgan fingerprint density at radius 1 is 0.815 bits per heavy atom. The van der Waals surface area contributed by atoms with Crippen LogP contribution in [0.15, 0.2) is 36.4 Å². The van der Waals surface area contributed by atoms with Gasteiger partial charge < -0.3 is 24.1 Å². The highest BCUT2D eigenvalue weighted by Gasteiger charge is 2.18. The minimum Gasteiger partial charge on any atom is -0.545 e. The van der Waals surface area contributed by atoms with Crippen LogP contribution in [0.5, 0.6) is 17.2 Å². The molecule has 0 atom stereocenters. The van der Waals surface area contributed by atoms with E-state index < -0.39 is 17.8 Å². The van der Waals surface area contributed by atoms with Crippen LogP contribution in [0.1, 0.15) is 31.1 Å². The van der Waals surface area contributed by atoms with E-state index in [1.807, 2.05) is 0 Å². The number of aromatic carboxylic acids is 1. The van der Waals surface area contributed by atoms with Crippen molar-refractivity contribution < 1.29 is 33.7 Å². The van der Waals surface area contributed by atoms with Crippen molar-refractivity contribution in [3.05, 3.63) is 53.1 Å². The molecule has 0 aliphatic carbocycles. The van der Waals surface area contributed by atoms with Crippen molar-refractivity contribution in [2.45, 2.75) is 0 Å². The molecular formula is C18H17N2O7-. The standard InChI is InChI=1S/C18H18N2O7/c1-25-13-8-10(9-14(26-2)15(13)27-3)16(21)19-20-17(22)11-6-4-5-7-12(11)18(23)24/h4-9H,1-3H3,(H,19,21)(H,20,22)(H,23,24)/p-1. The fourth-order valence-electron chi connectivity index (χ4n) is 2.32. The maximum Gasteiger partial charge on any atom is 0.270 e. The normalized spacial score (nSPS) is 9.89. The molecule has 27 heavy (non-hydrogen) atoms. The molecule has 0 aromatic heterocycles. The molecule has 2 amide bonds. The molecule has 0 fully saturated rings. The summed E-state index contributed by atoms with van der Waals surface area (Å²) in [7, 11) is 4.23. The van der Waals surface area contributed by atoms with Crippen LogP contribution in [0, 0.1) is 0 Å². The number of amides is 2. The van der Waals surface area contributed by atoms with Gasteiger partial charge in [-0.1, -0.05) is 18.2 Å². The number of methoxy groups -OCH3 is 3. The summed E-state index contributed by atoms with van der Waals surface area (Å²) in [6, 6.07) is 8.27. The van der Waals surface area contributed by atoms with Crippen LogP contribution in [-0.2, 0) is 0 Å². The zero-order valence-electron chi connectivity index (χ0n) is 14.8. The predicted octanol–water partition coefficient (Wildman–Crippen LogP) is 0.151. The van der Waals surface area contributed by atoms with Gasteiger partial charge in [0.2, 0.25) is 5.75 Å². The molecular weight excluding hydrogens is 356 g/mol. The number of hydrogen-bond donors (Lipinski definition) is 2. The summed E-state index contributed by atoms with van der Waals surface area (Å²) in [6.45, 7) is 0. The van der Waals surface area contributed by atoms with Crippen molar-refractivity contribution in [1.82, 2.24) is 10.9 Å². The molecule has 142 valence electrons. The molecule has 0 unspecified atom stereocenters. The van der Waals surface area contributed by atoms with Gasteiger partial charge in [-0.3, -0.25) is 20.4 Å². The Bertz CT molecular complexity index is 855. The molecule has 0 saturated carbocycles. The lowest BCUT2D eigenvalue weighted by Crippen LogP contribution is -2.42. The number of rotatable bonds is 6. The highest BCUT2D eigenvalue weighted by atomic mass is 16.5. The monoisotopic (exact) mass is 373 g/mol. The van der Waals surface area contributed by atoms with E-state index in [-0.39, 0.29) is 28.2 Å². The summed E-state index contributed by atoms with van der Waals surface area (Å²) in [6.07, 6.45) is 0. The number of hydrogen-bond acceptors (Lipinski definition) is 7. The van der Waals surface area contributed by atoms with Gasteiger partial charge in [0, 0.05) is 11.1 Å². The Hall–Kier alpha value is -3.75. The summed E-state index contributed by atoms with van der Waals surface area (Å²) in [5.74, 6) is -2.16. The number of carboxylic acid groups (broad SMARTS) is 1. The smallest absolute Gasteiger partial charge is 0.270 e. The van der Waals surface area contributed by atoms with E-state index in [1.165, 1.54) is 57.7 Å². The molecule has 2 aromatic carbocycles. The summed E-state index contributed by atoms with van der Waals surface area (Å²) < 4.78 is 15.5. The Balaban J connectivity index is 2.19.